The van der Waals surface area contributed by atoms with Crippen LogP contribution in [0.5, 0.6) is 0 Å². The van der Waals surface area contributed by atoms with Crippen molar-refractivity contribution in [3.8, 4) is 0 Å². The van der Waals surface area contributed by atoms with Crippen LogP contribution in [0.4, 0.5) is 0 Å². The number of hydrogen-bond acceptors (Lipinski definition) is 2. The lowest BCUT2D eigenvalue weighted by molar-refractivity contribution is 0.204. The highest BCUT2D eigenvalue weighted by molar-refractivity contribution is 4.59. The van der Waals surface area contributed by atoms with Crippen LogP contribution in [-0.2, 0) is 4.74 Å². The third-order valence-electron chi connectivity index (χ3n) is 4.19. The third kappa shape index (κ3) is 17.9. The van der Waals surface area contributed by atoms with E-state index < -0.39 is 0 Å². The lowest BCUT2D eigenvalue weighted by Crippen LogP contribution is -2.06. The molecule has 0 spiro atoms. The quantitative estimate of drug-likeness (QED) is 0.348. The van der Waals surface area contributed by atoms with Gasteiger partial charge in [0.15, 0.2) is 0 Å². The predicted octanol–water partition coefficient (Wildman–Crippen LogP) is 5.72. The summed E-state index contributed by atoms with van der Waals surface area (Å²) in [5.74, 6) is 0.582. The summed E-state index contributed by atoms with van der Waals surface area (Å²) in [7, 11) is 0. The number of aliphatic hydroxyl groups excluding tert-OH is 1. The largest absolute Gasteiger partial charge is 0.396 e. The van der Waals surface area contributed by atoms with Crippen LogP contribution in [-0.4, -0.2) is 24.4 Å². The number of rotatable bonds is 13. The van der Waals surface area contributed by atoms with Gasteiger partial charge in [-0.2, -0.15) is 0 Å². The molecule has 0 radical (unpaired) electrons. The molecule has 0 amide bonds. The van der Waals surface area contributed by atoms with Crippen molar-refractivity contribution >= 4 is 0 Å². The van der Waals surface area contributed by atoms with Crippen LogP contribution >= 0.6 is 0 Å². The average Bonchev–Trinajstić information content (AvgIpc) is 3.28. The first-order chi connectivity index (χ1) is 10.2. The summed E-state index contributed by atoms with van der Waals surface area (Å²) in [5, 5.41) is 9.32. The average molecular weight is 301 g/mol. The van der Waals surface area contributed by atoms with Gasteiger partial charge in [0.25, 0.3) is 0 Å². The molecule has 128 valence electrons. The Balaban J connectivity index is 0.000000847. The molecule has 2 nitrogen and oxygen atoms in total. The maximum Gasteiger partial charge on any atom is 0.0781 e. The first kappa shape index (κ1) is 20.9. The molecular formula is C19H40O2. The molecule has 1 aliphatic heterocycles. The Morgan fingerprint density at radius 3 is 1.62 bits per heavy atom. The second kappa shape index (κ2) is 16.3. The molecule has 1 N–H and O–H groups in total. The van der Waals surface area contributed by atoms with Gasteiger partial charge in [-0.05, 0) is 25.7 Å². The first-order valence-corrected chi connectivity index (χ1v) is 9.47. The summed E-state index contributed by atoms with van der Waals surface area (Å²) in [5.41, 5.74) is 0. The molecule has 0 bridgehead atoms. The molecule has 0 aliphatic carbocycles. The molecule has 2 atom stereocenters. The molecular weight excluding hydrogens is 260 g/mol. The first-order valence-electron chi connectivity index (χ1n) is 9.47. The van der Waals surface area contributed by atoms with Crippen molar-refractivity contribution in [2.75, 3.05) is 13.2 Å². The van der Waals surface area contributed by atoms with E-state index in [1.54, 1.807) is 0 Å². The zero-order chi connectivity index (χ0) is 15.8. The highest BCUT2D eigenvalue weighted by atomic mass is 16.6. The van der Waals surface area contributed by atoms with E-state index in [-0.39, 0.29) is 0 Å². The lowest BCUT2D eigenvalue weighted by atomic mass is 9.95. The Kier molecular flexibility index (Phi) is 16.2. The van der Waals surface area contributed by atoms with Gasteiger partial charge in [0.2, 0.25) is 0 Å². The van der Waals surface area contributed by atoms with Crippen molar-refractivity contribution in [2.45, 2.75) is 104 Å². The van der Waals surface area contributed by atoms with Crippen LogP contribution < -0.4 is 0 Å². The molecule has 2 unspecified atom stereocenters. The van der Waals surface area contributed by atoms with Gasteiger partial charge in [-0.3, -0.25) is 0 Å². The zero-order valence-electron chi connectivity index (χ0n) is 14.9. The molecule has 1 saturated heterocycles. The monoisotopic (exact) mass is 300 g/mol. The van der Waals surface area contributed by atoms with Crippen LogP contribution in [0.25, 0.3) is 0 Å². The van der Waals surface area contributed by atoms with Crippen molar-refractivity contribution in [2.24, 2.45) is 5.92 Å². The van der Waals surface area contributed by atoms with E-state index in [2.05, 4.69) is 20.8 Å². The number of ether oxygens (including phenoxy) is 1. The van der Waals surface area contributed by atoms with Crippen LogP contribution in [0.1, 0.15) is 97.8 Å². The topological polar surface area (TPSA) is 32.8 Å². The van der Waals surface area contributed by atoms with Gasteiger partial charge in [0.05, 0.1) is 12.7 Å². The second-order valence-corrected chi connectivity index (χ2v) is 6.60. The standard InChI is InChI=1S/C16H34O.C3H6O/c1-3-5-7-9-10-12-14-16(15-17)13-11-8-6-4-2;1-3-2-4-3/h16-17H,3-15H2,1-2H3;3H,2H2,1H3. The fraction of sp³-hybridized carbons (Fsp3) is 1.00. The lowest BCUT2D eigenvalue weighted by Gasteiger charge is -2.13. The van der Waals surface area contributed by atoms with E-state index >= 15 is 0 Å². The van der Waals surface area contributed by atoms with Gasteiger partial charge >= 0.3 is 0 Å². The van der Waals surface area contributed by atoms with Crippen LogP contribution in [0.15, 0.2) is 0 Å². The van der Waals surface area contributed by atoms with Gasteiger partial charge in [-0.25, -0.2) is 0 Å². The molecule has 1 heterocycles. The Hall–Kier alpha value is -0.0800. The molecule has 1 rings (SSSR count). The smallest absolute Gasteiger partial charge is 0.0781 e. The van der Waals surface area contributed by atoms with Crippen LogP contribution in [0.3, 0.4) is 0 Å². The maximum atomic E-state index is 9.32. The molecule has 1 fully saturated rings. The van der Waals surface area contributed by atoms with Gasteiger partial charge in [0.1, 0.15) is 0 Å². The predicted molar refractivity (Wildman–Crippen MR) is 92.7 cm³/mol. The van der Waals surface area contributed by atoms with Crippen LogP contribution in [0, 0.1) is 5.92 Å². The minimum Gasteiger partial charge on any atom is -0.396 e. The minimum atomic E-state index is 0.404. The van der Waals surface area contributed by atoms with Gasteiger partial charge in [0, 0.05) is 6.61 Å². The van der Waals surface area contributed by atoms with Crippen molar-refractivity contribution in [3.05, 3.63) is 0 Å². The third-order valence-corrected chi connectivity index (χ3v) is 4.19. The molecule has 0 aromatic heterocycles. The van der Waals surface area contributed by atoms with E-state index in [4.69, 9.17) is 4.74 Å². The SMILES string of the molecule is CC1CO1.CCCCCCCCC(CO)CCCCCC. The Morgan fingerprint density at radius 1 is 0.857 bits per heavy atom. The summed E-state index contributed by atoms with van der Waals surface area (Å²) in [6.07, 6.45) is 16.6. The zero-order valence-corrected chi connectivity index (χ0v) is 14.9. The number of hydrogen-bond donors (Lipinski definition) is 1. The highest BCUT2D eigenvalue weighted by Gasteiger charge is 2.13. The summed E-state index contributed by atoms with van der Waals surface area (Å²) in [4.78, 5) is 0. The molecule has 2 heteroatoms. The van der Waals surface area contributed by atoms with Crippen molar-refractivity contribution in [3.63, 3.8) is 0 Å². The Labute approximate surface area is 133 Å². The number of epoxide rings is 1. The van der Waals surface area contributed by atoms with E-state index in [1.807, 2.05) is 0 Å². The summed E-state index contributed by atoms with van der Waals surface area (Å²) < 4.78 is 4.71. The van der Waals surface area contributed by atoms with Gasteiger partial charge in [-0.15, -0.1) is 0 Å². The second-order valence-electron chi connectivity index (χ2n) is 6.60. The molecule has 21 heavy (non-hydrogen) atoms. The number of unbranched alkanes of at least 4 members (excludes halogenated alkanes) is 8. The normalized spacial score (nSPS) is 18.0. The van der Waals surface area contributed by atoms with Gasteiger partial charge in [-0.1, -0.05) is 78.1 Å². The number of aliphatic hydroxyl groups is 1. The summed E-state index contributed by atoms with van der Waals surface area (Å²) in [6, 6.07) is 0. The molecule has 0 aromatic rings. The fourth-order valence-corrected chi connectivity index (χ4v) is 2.50. The van der Waals surface area contributed by atoms with Crippen molar-refractivity contribution in [1.82, 2.24) is 0 Å². The van der Waals surface area contributed by atoms with Crippen molar-refractivity contribution in [1.29, 1.82) is 0 Å². The van der Waals surface area contributed by atoms with E-state index in [0.717, 1.165) is 6.61 Å². The minimum absolute atomic E-state index is 0.404. The summed E-state index contributed by atoms with van der Waals surface area (Å²) >= 11 is 0. The van der Waals surface area contributed by atoms with Gasteiger partial charge < -0.3 is 9.84 Å². The van der Waals surface area contributed by atoms with Crippen LogP contribution in [0.2, 0.25) is 0 Å². The maximum absolute atomic E-state index is 9.32. The van der Waals surface area contributed by atoms with E-state index in [1.165, 1.54) is 77.0 Å². The molecule has 1 aliphatic rings. The van der Waals surface area contributed by atoms with Crippen molar-refractivity contribution < 1.29 is 9.84 Å². The highest BCUT2D eigenvalue weighted by Crippen LogP contribution is 2.18. The molecule has 0 aromatic carbocycles. The summed E-state index contributed by atoms with van der Waals surface area (Å²) in [6.45, 7) is 7.96. The Bertz CT molecular complexity index is 190. The van der Waals surface area contributed by atoms with E-state index in [9.17, 15) is 5.11 Å². The fourth-order valence-electron chi connectivity index (χ4n) is 2.50. The van der Waals surface area contributed by atoms with E-state index in [0.29, 0.717) is 18.6 Å². The molecule has 0 saturated carbocycles. The Morgan fingerprint density at radius 2 is 1.24 bits per heavy atom.